The molecule has 76 valence electrons. The van der Waals surface area contributed by atoms with Crippen molar-refractivity contribution in [2.75, 3.05) is 13.1 Å². The summed E-state index contributed by atoms with van der Waals surface area (Å²) in [5.41, 5.74) is 1.93. The van der Waals surface area contributed by atoms with Crippen LogP contribution in [0.2, 0.25) is 0 Å². The molecule has 2 unspecified atom stereocenters. The molecule has 3 nitrogen and oxygen atoms in total. The molecule has 0 amide bonds. The molecule has 2 bridgehead atoms. The highest BCUT2D eigenvalue weighted by molar-refractivity contribution is 6.32. The summed E-state index contributed by atoms with van der Waals surface area (Å²) in [5.74, 6) is 0. The third-order valence-electron chi connectivity index (χ3n) is 3.06. The highest BCUT2D eigenvalue weighted by atomic mass is 16.5. The van der Waals surface area contributed by atoms with Gasteiger partial charge in [0.15, 0.2) is 0 Å². The van der Waals surface area contributed by atoms with Crippen molar-refractivity contribution in [1.82, 2.24) is 9.88 Å². The van der Waals surface area contributed by atoms with Crippen LogP contribution < -0.4 is 5.46 Å². The lowest BCUT2D eigenvalue weighted by atomic mass is 9.96. The van der Waals surface area contributed by atoms with E-state index in [0.29, 0.717) is 12.2 Å². The molecule has 0 aromatic carbocycles. The summed E-state index contributed by atoms with van der Waals surface area (Å²) in [6.07, 6.45) is 5.75. The first kappa shape index (κ1) is 9.37. The minimum Gasteiger partial charge on any atom is -0.372 e. The first-order valence-corrected chi connectivity index (χ1v) is 5.37. The van der Waals surface area contributed by atoms with E-state index in [1.54, 1.807) is 6.20 Å². The minimum absolute atomic E-state index is 0.470. The molecule has 2 atom stereocenters. The number of nitrogens with zero attached hydrogens (tertiary/aromatic N) is 2. The zero-order valence-corrected chi connectivity index (χ0v) is 8.60. The molecule has 3 aliphatic heterocycles. The number of hydrogen-bond donors (Lipinski definition) is 0. The molecule has 0 spiro atoms. The summed E-state index contributed by atoms with van der Waals surface area (Å²) >= 11 is 0. The van der Waals surface area contributed by atoms with Crippen LogP contribution in [-0.2, 0) is 11.3 Å². The Bertz CT molecular complexity index is 355. The van der Waals surface area contributed by atoms with E-state index in [1.807, 2.05) is 12.3 Å². The molecular formula is C11H13BN2O. The Morgan fingerprint density at radius 1 is 1.40 bits per heavy atom. The molecule has 3 saturated heterocycles. The van der Waals surface area contributed by atoms with Crippen LogP contribution in [-0.4, -0.2) is 43.0 Å². The molecule has 4 heteroatoms. The molecule has 2 radical (unpaired) electrons. The number of fused-ring (bicyclic) bond motifs is 2. The van der Waals surface area contributed by atoms with Gasteiger partial charge in [-0.25, -0.2) is 0 Å². The second-order valence-electron chi connectivity index (χ2n) is 4.44. The molecule has 15 heavy (non-hydrogen) atoms. The Kier molecular flexibility index (Phi) is 2.26. The van der Waals surface area contributed by atoms with Gasteiger partial charge in [-0.15, -0.1) is 0 Å². The monoisotopic (exact) mass is 200 g/mol. The van der Waals surface area contributed by atoms with Crippen molar-refractivity contribution in [3.8, 4) is 0 Å². The van der Waals surface area contributed by atoms with Gasteiger partial charge in [0.1, 0.15) is 7.85 Å². The molecule has 1 aromatic rings. The van der Waals surface area contributed by atoms with Gasteiger partial charge in [-0.1, -0.05) is 11.5 Å². The van der Waals surface area contributed by atoms with Crippen molar-refractivity contribution < 1.29 is 4.74 Å². The number of aromatic nitrogens is 1. The zero-order valence-electron chi connectivity index (χ0n) is 8.60. The molecular weight excluding hydrogens is 187 g/mol. The fourth-order valence-corrected chi connectivity index (χ4v) is 2.42. The largest absolute Gasteiger partial charge is 0.372 e. The van der Waals surface area contributed by atoms with Crippen LogP contribution in [0.1, 0.15) is 12.0 Å². The minimum atomic E-state index is 0.470. The summed E-state index contributed by atoms with van der Waals surface area (Å²) in [6, 6.07) is 1.99. The van der Waals surface area contributed by atoms with Crippen molar-refractivity contribution in [3.05, 3.63) is 24.0 Å². The van der Waals surface area contributed by atoms with E-state index in [9.17, 15) is 0 Å². The van der Waals surface area contributed by atoms with Crippen molar-refractivity contribution >= 4 is 13.3 Å². The standard InChI is InChI=1S/C11H13BN2O/c12-9-1-8(3-13-4-9)5-14-6-10-2-11(7-14)15-10/h1,3-4,10-11H,2,5-7H2. The van der Waals surface area contributed by atoms with Gasteiger partial charge in [-0.05, 0) is 5.56 Å². The number of piperidine rings is 1. The molecule has 0 N–H and O–H groups in total. The highest BCUT2D eigenvalue weighted by Gasteiger charge is 2.37. The van der Waals surface area contributed by atoms with E-state index in [1.165, 1.54) is 12.0 Å². The average molecular weight is 200 g/mol. The van der Waals surface area contributed by atoms with Crippen LogP contribution in [0.25, 0.3) is 0 Å². The van der Waals surface area contributed by atoms with Crippen LogP contribution in [0.4, 0.5) is 0 Å². The maximum Gasteiger partial charge on any atom is 0.115 e. The molecule has 3 fully saturated rings. The fourth-order valence-electron chi connectivity index (χ4n) is 2.42. The van der Waals surface area contributed by atoms with Gasteiger partial charge >= 0.3 is 0 Å². The Hall–Kier alpha value is -0.865. The number of ether oxygens (including phenoxy) is 1. The van der Waals surface area contributed by atoms with Gasteiger partial charge in [0.25, 0.3) is 0 Å². The lowest BCUT2D eigenvalue weighted by molar-refractivity contribution is -0.182. The van der Waals surface area contributed by atoms with Crippen LogP contribution in [0.5, 0.6) is 0 Å². The lowest BCUT2D eigenvalue weighted by Gasteiger charge is -2.47. The second-order valence-corrected chi connectivity index (χ2v) is 4.44. The Morgan fingerprint density at radius 3 is 2.80 bits per heavy atom. The molecule has 0 saturated carbocycles. The molecule has 4 rings (SSSR count). The number of morpholine rings is 1. The summed E-state index contributed by atoms with van der Waals surface area (Å²) in [7, 11) is 5.69. The van der Waals surface area contributed by atoms with Crippen molar-refractivity contribution in [2.45, 2.75) is 25.2 Å². The molecule has 0 aliphatic carbocycles. The topological polar surface area (TPSA) is 25.4 Å². The smallest absolute Gasteiger partial charge is 0.115 e. The fraction of sp³-hybridized carbons (Fsp3) is 0.545. The van der Waals surface area contributed by atoms with E-state index in [-0.39, 0.29) is 0 Å². The predicted molar refractivity (Wildman–Crippen MR) is 58.2 cm³/mol. The highest BCUT2D eigenvalue weighted by Crippen LogP contribution is 2.28. The van der Waals surface area contributed by atoms with Crippen molar-refractivity contribution in [2.24, 2.45) is 0 Å². The van der Waals surface area contributed by atoms with E-state index in [4.69, 9.17) is 12.6 Å². The Balaban J connectivity index is 1.65. The number of hydrogen-bond acceptors (Lipinski definition) is 3. The van der Waals surface area contributed by atoms with Crippen LogP contribution in [0, 0.1) is 0 Å². The maximum atomic E-state index is 5.69. The normalized spacial score (nSPS) is 29.9. The third kappa shape index (κ3) is 1.92. The molecule has 3 aliphatic rings. The second kappa shape index (κ2) is 3.61. The quantitative estimate of drug-likeness (QED) is 0.620. The average Bonchev–Trinajstić information content (AvgIpc) is 2.16. The molecule has 4 heterocycles. The van der Waals surface area contributed by atoms with Gasteiger partial charge in [-0.3, -0.25) is 9.88 Å². The Morgan fingerprint density at radius 2 is 2.13 bits per heavy atom. The third-order valence-corrected chi connectivity index (χ3v) is 3.06. The molecule has 1 aromatic heterocycles. The van der Waals surface area contributed by atoms with Gasteiger partial charge in [0.05, 0.1) is 12.2 Å². The van der Waals surface area contributed by atoms with E-state index < -0.39 is 0 Å². The van der Waals surface area contributed by atoms with Gasteiger partial charge in [-0.2, -0.15) is 0 Å². The lowest BCUT2D eigenvalue weighted by Crippen LogP contribution is -2.56. The summed E-state index contributed by atoms with van der Waals surface area (Å²) < 4.78 is 5.58. The van der Waals surface area contributed by atoms with E-state index >= 15 is 0 Å². The van der Waals surface area contributed by atoms with E-state index in [2.05, 4.69) is 9.88 Å². The Labute approximate surface area is 90.9 Å². The first-order chi connectivity index (χ1) is 7.29. The zero-order chi connectivity index (χ0) is 10.3. The van der Waals surface area contributed by atoms with Gasteiger partial charge < -0.3 is 4.74 Å². The first-order valence-electron chi connectivity index (χ1n) is 5.37. The maximum absolute atomic E-state index is 5.69. The number of rotatable bonds is 2. The summed E-state index contributed by atoms with van der Waals surface area (Å²) in [5, 5.41) is 0. The SMILES string of the molecule is [B]c1cncc(CN2CC3CC(C2)O3)c1. The summed E-state index contributed by atoms with van der Waals surface area (Å²) in [4.78, 5) is 6.51. The van der Waals surface area contributed by atoms with Gasteiger partial charge in [0.2, 0.25) is 0 Å². The van der Waals surface area contributed by atoms with Crippen LogP contribution >= 0.6 is 0 Å². The number of pyridine rings is 1. The van der Waals surface area contributed by atoms with E-state index in [0.717, 1.165) is 25.1 Å². The van der Waals surface area contributed by atoms with Crippen LogP contribution in [0.15, 0.2) is 18.5 Å². The predicted octanol–water partition coefficient (Wildman–Crippen LogP) is -0.152. The van der Waals surface area contributed by atoms with Crippen molar-refractivity contribution in [1.29, 1.82) is 0 Å². The summed E-state index contributed by atoms with van der Waals surface area (Å²) in [6.45, 7) is 3.03. The van der Waals surface area contributed by atoms with Gasteiger partial charge in [0, 0.05) is 38.4 Å². The van der Waals surface area contributed by atoms with Crippen LogP contribution in [0.3, 0.4) is 0 Å². The van der Waals surface area contributed by atoms with Crippen molar-refractivity contribution in [3.63, 3.8) is 0 Å².